The second-order valence-corrected chi connectivity index (χ2v) is 4.05. The fraction of sp³-hybridized carbons (Fsp3) is 0.143. The van der Waals surface area contributed by atoms with Crippen LogP contribution < -0.4 is 5.32 Å². The third-order valence-electron chi connectivity index (χ3n) is 2.67. The first-order valence-electron chi connectivity index (χ1n) is 5.76. The molecule has 0 spiro atoms. The van der Waals surface area contributed by atoms with Crippen molar-refractivity contribution in [1.82, 2.24) is 5.32 Å². The standard InChI is InChI=1S/C14H13NO4/c16-13(17)8-12(10-4-2-1-3-5-10)15-14(18)11-6-7-19-9-11/h1-7,9,12H,8H2,(H,15,18)(H,16,17). The average molecular weight is 259 g/mol. The Hall–Kier alpha value is -2.56. The van der Waals surface area contributed by atoms with Gasteiger partial charge in [-0.3, -0.25) is 9.59 Å². The highest BCUT2D eigenvalue weighted by Crippen LogP contribution is 2.17. The van der Waals surface area contributed by atoms with Crippen molar-refractivity contribution in [2.75, 3.05) is 0 Å². The van der Waals surface area contributed by atoms with Gasteiger partial charge in [0.1, 0.15) is 6.26 Å². The van der Waals surface area contributed by atoms with Crippen molar-refractivity contribution < 1.29 is 19.1 Å². The van der Waals surface area contributed by atoms with Gasteiger partial charge in [-0.2, -0.15) is 0 Å². The van der Waals surface area contributed by atoms with Gasteiger partial charge in [-0.25, -0.2) is 0 Å². The maximum Gasteiger partial charge on any atom is 0.305 e. The summed E-state index contributed by atoms with van der Waals surface area (Å²) in [6.07, 6.45) is 2.54. The van der Waals surface area contributed by atoms with Crippen molar-refractivity contribution >= 4 is 11.9 Å². The normalized spacial score (nSPS) is 11.8. The molecule has 1 atom stereocenters. The van der Waals surface area contributed by atoms with E-state index in [-0.39, 0.29) is 12.3 Å². The molecule has 1 aromatic carbocycles. The van der Waals surface area contributed by atoms with E-state index >= 15 is 0 Å². The van der Waals surface area contributed by atoms with Gasteiger partial charge in [0.25, 0.3) is 5.91 Å². The van der Waals surface area contributed by atoms with Gasteiger partial charge in [0, 0.05) is 0 Å². The van der Waals surface area contributed by atoms with E-state index in [4.69, 9.17) is 9.52 Å². The second-order valence-electron chi connectivity index (χ2n) is 4.05. The van der Waals surface area contributed by atoms with Crippen molar-refractivity contribution in [2.24, 2.45) is 0 Å². The monoisotopic (exact) mass is 259 g/mol. The van der Waals surface area contributed by atoms with Crippen LogP contribution in [0.2, 0.25) is 0 Å². The SMILES string of the molecule is O=C(O)CC(NC(=O)c1ccoc1)c1ccccc1. The van der Waals surface area contributed by atoms with Crippen LogP contribution in [0.5, 0.6) is 0 Å². The van der Waals surface area contributed by atoms with E-state index in [1.807, 2.05) is 6.07 Å². The summed E-state index contributed by atoms with van der Waals surface area (Å²) >= 11 is 0. The van der Waals surface area contributed by atoms with E-state index in [1.165, 1.54) is 18.6 Å². The molecule has 1 aromatic heterocycles. The Balaban J connectivity index is 2.15. The topological polar surface area (TPSA) is 79.5 Å². The maximum atomic E-state index is 11.9. The molecule has 0 fully saturated rings. The van der Waals surface area contributed by atoms with Crippen LogP contribution in [0.1, 0.15) is 28.4 Å². The Morgan fingerprint density at radius 3 is 2.53 bits per heavy atom. The lowest BCUT2D eigenvalue weighted by Gasteiger charge is -2.16. The van der Waals surface area contributed by atoms with Crippen LogP contribution in [0.3, 0.4) is 0 Å². The zero-order valence-corrected chi connectivity index (χ0v) is 10.1. The molecule has 0 aliphatic carbocycles. The van der Waals surface area contributed by atoms with Crippen LogP contribution in [-0.4, -0.2) is 17.0 Å². The lowest BCUT2D eigenvalue weighted by atomic mass is 10.0. The Labute approximate surface area is 109 Å². The minimum absolute atomic E-state index is 0.173. The molecule has 0 aliphatic rings. The number of carboxylic acid groups (broad SMARTS) is 1. The fourth-order valence-electron chi connectivity index (χ4n) is 1.75. The molecule has 98 valence electrons. The molecule has 2 rings (SSSR count). The molecular formula is C14H13NO4. The van der Waals surface area contributed by atoms with Crippen molar-refractivity contribution in [3.05, 3.63) is 60.1 Å². The lowest BCUT2D eigenvalue weighted by Crippen LogP contribution is -2.29. The Bertz CT molecular complexity index is 548. The molecule has 1 unspecified atom stereocenters. The summed E-state index contributed by atoms with van der Waals surface area (Å²) in [4.78, 5) is 22.8. The summed E-state index contributed by atoms with van der Waals surface area (Å²) in [5.41, 5.74) is 1.12. The van der Waals surface area contributed by atoms with Crippen molar-refractivity contribution in [2.45, 2.75) is 12.5 Å². The number of nitrogens with one attached hydrogen (secondary N) is 1. The summed E-state index contributed by atoms with van der Waals surface area (Å²) in [5.74, 6) is -1.33. The third kappa shape index (κ3) is 3.45. The first-order valence-corrected chi connectivity index (χ1v) is 5.76. The molecule has 1 heterocycles. The van der Waals surface area contributed by atoms with Crippen LogP contribution in [0.25, 0.3) is 0 Å². The van der Waals surface area contributed by atoms with Gasteiger partial charge in [-0.05, 0) is 11.6 Å². The minimum atomic E-state index is -0.971. The molecule has 0 saturated heterocycles. The molecule has 5 nitrogen and oxygen atoms in total. The van der Waals surface area contributed by atoms with Crippen LogP contribution in [-0.2, 0) is 4.79 Å². The molecule has 5 heteroatoms. The van der Waals surface area contributed by atoms with Crippen molar-refractivity contribution in [1.29, 1.82) is 0 Å². The average Bonchev–Trinajstić information content (AvgIpc) is 2.92. The third-order valence-corrected chi connectivity index (χ3v) is 2.67. The molecule has 19 heavy (non-hydrogen) atoms. The predicted molar refractivity (Wildman–Crippen MR) is 67.6 cm³/mol. The van der Waals surface area contributed by atoms with E-state index in [0.29, 0.717) is 5.56 Å². The Morgan fingerprint density at radius 2 is 1.95 bits per heavy atom. The van der Waals surface area contributed by atoms with E-state index in [1.54, 1.807) is 24.3 Å². The maximum absolute atomic E-state index is 11.9. The molecule has 0 bridgehead atoms. The molecular weight excluding hydrogens is 246 g/mol. The molecule has 1 amide bonds. The molecule has 2 aromatic rings. The van der Waals surface area contributed by atoms with Crippen molar-refractivity contribution in [3.8, 4) is 0 Å². The van der Waals surface area contributed by atoms with Gasteiger partial charge in [-0.1, -0.05) is 30.3 Å². The van der Waals surface area contributed by atoms with Gasteiger partial charge < -0.3 is 14.8 Å². The van der Waals surface area contributed by atoms with E-state index < -0.39 is 12.0 Å². The zero-order valence-electron chi connectivity index (χ0n) is 10.1. The zero-order chi connectivity index (χ0) is 13.7. The van der Waals surface area contributed by atoms with Crippen LogP contribution >= 0.6 is 0 Å². The smallest absolute Gasteiger partial charge is 0.305 e. The number of rotatable bonds is 5. The first kappa shape index (κ1) is 12.9. The van der Waals surface area contributed by atoms with Gasteiger partial charge >= 0.3 is 5.97 Å². The number of hydrogen-bond acceptors (Lipinski definition) is 3. The van der Waals surface area contributed by atoms with E-state index in [2.05, 4.69) is 5.32 Å². The first-order chi connectivity index (χ1) is 9.16. The number of furan rings is 1. The second kappa shape index (κ2) is 5.86. The molecule has 2 N–H and O–H groups in total. The van der Waals surface area contributed by atoms with Crippen LogP contribution in [0, 0.1) is 0 Å². The predicted octanol–water partition coefficient (Wildman–Crippen LogP) is 2.23. The summed E-state index contributed by atoms with van der Waals surface area (Å²) < 4.78 is 4.83. The molecule has 0 aliphatic heterocycles. The Morgan fingerprint density at radius 1 is 1.21 bits per heavy atom. The highest BCUT2D eigenvalue weighted by Gasteiger charge is 2.19. The quantitative estimate of drug-likeness (QED) is 0.862. The highest BCUT2D eigenvalue weighted by atomic mass is 16.4. The minimum Gasteiger partial charge on any atom is -0.481 e. The summed E-state index contributed by atoms with van der Waals surface area (Å²) in [6.45, 7) is 0. The number of amides is 1. The Kier molecular flexibility index (Phi) is 3.97. The number of hydrogen-bond donors (Lipinski definition) is 2. The molecule has 0 radical (unpaired) electrons. The number of benzene rings is 1. The number of carboxylic acids is 1. The lowest BCUT2D eigenvalue weighted by molar-refractivity contribution is -0.137. The number of aliphatic carboxylic acids is 1. The highest BCUT2D eigenvalue weighted by molar-refractivity contribution is 5.94. The van der Waals surface area contributed by atoms with Gasteiger partial charge in [0.2, 0.25) is 0 Å². The number of carbonyl (C=O) groups excluding carboxylic acids is 1. The van der Waals surface area contributed by atoms with Crippen LogP contribution in [0.15, 0.2) is 53.3 Å². The van der Waals surface area contributed by atoms with Crippen molar-refractivity contribution in [3.63, 3.8) is 0 Å². The summed E-state index contributed by atoms with van der Waals surface area (Å²) in [7, 11) is 0. The number of carbonyl (C=O) groups is 2. The summed E-state index contributed by atoms with van der Waals surface area (Å²) in [5, 5.41) is 11.6. The van der Waals surface area contributed by atoms with E-state index in [0.717, 1.165) is 5.56 Å². The largest absolute Gasteiger partial charge is 0.481 e. The van der Waals surface area contributed by atoms with Gasteiger partial charge in [0.05, 0.1) is 24.3 Å². The van der Waals surface area contributed by atoms with E-state index in [9.17, 15) is 9.59 Å². The van der Waals surface area contributed by atoms with Crippen LogP contribution in [0.4, 0.5) is 0 Å². The molecule has 0 saturated carbocycles. The van der Waals surface area contributed by atoms with Gasteiger partial charge in [0.15, 0.2) is 0 Å². The van der Waals surface area contributed by atoms with Gasteiger partial charge in [-0.15, -0.1) is 0 Å². The summed E-state index contributed by atoms with van der Waals surface area (Å²) in [6, 6.07) is 9.95. The fourth-order valence-corrected chi connectivity index (χ4v) is 1.75.